The minimum Gasteiger partial charge on any atom is -0.478 e. The van der Waals surface area contributed by atoms with Crippen molar-refractivity contribution < 1.29 is 9.90 Å². The van der Waals surface area contributed by atoms with E-state index in [9.17, 15) is 9.90 Å². The second-order valence-electron chi connectivity index (χ2n) is 8.59. The maximum absolute atomic E-state index is 12.0. The highest BCUT2D eigenvalue weighted by molar-refractivity contribution is 7.80. The van der Waals surface area contributed by atoms with Gasteiger partial charge in [0.25, 0.3) is 0 Å². The van der Waals surface area contributed by atoms with Crippen molar-refractivity contribution in [3.63, 3.8) is 0 Å². The molecule has 4 heterocycles. The standard InChI is InChI=1S/C27H25N5O2S/c1-17-15-21(18(2)32(17)23-9-4-3-7-20(23)26(33)34)25-24(22-8-5-6-12-29-22)30-27(35)31(25)16-19-10-13-28-14-11-19/h3-15,24-25H,16H2,1-2H3,(H,30,35)(H,33,34). The van der Waals surface area contributed by atoms with Crippen molar-refractivity contribution in [3.8, 4) is 5.69 Å². The largest absolute Gasteiger partial charge is 0.478 e. The molecule has 35 heavy (non-hydrogen) atoms. The number of carboxylic acids is 1. The molecule has 1 saturated heterocycles. The Morgan fingerprint density at radius 2 is 1.80 bits per heavy atom. The number of carbonyl (C=O) groups is 1. The number of para-hydroxylation sites is 1. The highest BCUT2D eigenvalue weighted by Gasteiger charge is 2.41. The van der Waals surface area contributed by atoms with Crippen molar-refractivity contribution in [2.45, 2.75) is 32.5 Å². The molecule has 4 aromatic rings. The smallest absolute Gasteiger partial charge is 0.337 e. The topological polar surface area (TPSA) is 83.3 Å². The van der Waals surface area contributed by atoms with Crippen LogP contribution in [-0.2, 0) is 6.54 Å². The third-order valence-corrected chi connectivity index (χ3v) is 6.82. The summed E-state index contributed by atoms with van der Waals surface area (Å²) < 4.78 is 2.01. The van der Waals surface area contributed by atoms with Gasteiger partial charge in [-0.05, 0) is 79.7 Å². The van der Waals surface area contributed by atoms with Gasteiger partial charge in [-0.2, -0.15) is 0 Å². The zero-order chi connectivity index (χ0) is 24.5. The Kier molecular flexibility index (Phi) is 6.05. The van der Waals surface area contributed by atoms with E-state index in [0.717, 1.165) is 28.2 Å². The predicted octanol–water partition coefficient (Wildman–Crippen LogP) is 4.76. The van der Waals surface area contributed by atoms with Gasteiger partial charge in [0.1, 0.15) is 0 Å². The number of pyridine rings is 2. The average molecular weight is 484 g/mol. The van der Waals surface area contributed by atoms with Gasteiger partial charge >= 0.3 is 5.97 Å². The van der Waals surface area contributed by atoms with Crippen LogP contribution in [0.1, 0.15) is 50.7 Å². The van der Waals surface area contributed by atoms with E-state index in [1.54, 1.807) is 30.7 Å². The molecular formula is C27H25N5O2S. The lowest BCUT2D eigenvalue weighted by molar-refractivity contribution is 0.0697. The summed E-state index contributed by atoms with van der Waals surface area (Å²) in [6.07, 6.45) is 5.35. The van der Waals surface area contributed by atoms with Gasteiger partial charge in [0.15, 0.2) is 5.11 Å². The van der Waals surface area contributed by atoms with Gasteiger partial charge in [-0.15, -0.1) is 0 Å². The van der Waals surface area contributed by atoms with E-state index >= 15 is 0 Å². The molecule has 1 fully saturated rings. The van der Waals surface area contributed by atoms with Gasteiger partial charge < -0.3 is 19.9 Å². The molecule has 2 atom stereocenters. The van der Waals surface area contributed by atoms with Crippen LogP contribution >= 0.6 is 12.2 Å². The first-order chi connectivity index (χ1) is 17.0. The molecule has 0 bridgehead atoms. The number of aryl methyl sites for hydroxylation is 1. The Morgan fingerprint density at radius 1 is 1.06 bits per heavy atom. The van der Waals surface area contributed by atoms with E-state index in [1.807, 2.05) is 60.9 Å². The summed E-state index contributed by atoms with van der Waals surface area (Å²) >= 11 is 5.81. The van der Waals surface area contributed by atoms with Gasteiger partial charge in [0, 0.05) is 36.5 Å². The van der Waals surface area contributed by atoms with Crippen molar-refractivity contribution in [1.82, 2.24) is 24.8 Å². The molecule has 8 heteroatoms. The summed E-state index contributed by atoms with van der Waals surface area (Å²) in [5.74, 6) is -0.955. The van der Waals surface area contributed by atoms with Crippen LogP contribution in [0.25, 0.3) is 5.69 Å². The van der Waals surface area contributed by atoms with Crippen LogP contribution in [0.5, 0.6) is 0 Å². The fourth-order valence-electron chi connectivity index (χ4n) is 4.91. The predicted molar refractivity (Wildman–Crippen MR) is 137 cm³/mol. The van der Waals surface area contributed by atoms with E-state index in [2.05, 4.69) is 26.3 Å². The highest BCUT2D eigenvalue weighted by Crippen LogP contribution is 2.42. The molecule has 2 unspecified atom stereocenters. The normalized spacial score (nSPS) is 17.4. The van der Waals surface area contributed by atoms with Gasteiger partial charge in [0.05, 0.1) is 29.0 Å². The Labute approximate surface area is 209 Å². The number of nitrogens with one attached hydrogen (secondary N) is 1. The molecule has 1 aliphatic rings. The fourth-order valence-corrected chi connectivity index (χ4v) is 5.21. The number of aromatic carboxylic acids is 1. The first-order valence-corrected chi connectivity index (χ1v) is 11.7. The van der Waals surface area contributed by atoms with Crippen molar-refractivity contribution in [2.75, 3.05) is 0 Å². The zero-order valence-corrected chi connectivity index (χ0v) is 20.2. The van der Waals surface area contributed by atoms with Crippen molar-refractivity contribution in [1.29, 1.82) is 0 Å². The summed E-state index contributed by atoms with van der Waals surface area (Å²) in [6.45, 7) is 4.64. The van der Waals surface area contributed by atoms with Crippen LogP contribution < -0.4 is 5.32 Å². The molecule has 0 radical (unpaired) electrons. The van der Waals surface area contributed by atoms with E-state index in [-0.39, 0.29) is 17.6 Å². The Balaban J connectivity index is 1.65. The fraction of sp³-hybridized carbons (Fsp3) is 0.185. The summed E-state index contributed by atoms with van der Waals surface area (Å²) in [5, 5.41) is 13.9. The highest BCUT2D eigenvalue weighted by atomic mass is 32.1. The lowest BCUT2D eigenvalue weighted by Gasteiger charge is -2.28. The van der Waals surface area contributed by atoms with E-state index in [1.165, 1.54) is 0 Å². The molecule has 0 saturated carbocycles. The first kappa shape index (κ1) is 22.7. The maximum atomic E-state index is 12.0. The van der Waals surface area contributed by atoms with Crippen LogP contribution in [0.2, 0.25) is 0 Å². The Hall–Kier alpha value is -4.04. The number of hydrogen-bond donors (Lipinski definition) is 2. The van der Waals surface area contributed by atoms with Crippen molar-refractivity contribution in [2.24, 2.45) is 0 Å². The lowest BCUT2D eigenvalue weighted by Crippen LogP contribution is -2.29. The van der Waals surface area contributed by atoms with Crippen LogP contribution in [0.15, 0.2) is 79.3 Å². The summed E-state index contributed by atoms with van der Waals surface area (Å²) in [7, 11) is 0. The van der Waals surface area contributed by atoms with Gasteiger partial charge in [-0.25, -0.2) is 4.79 Å². The molecule has 2 N–H and O–H groups in total. The Bertz CT molecular complexity index is 1390. The van der Waals surface area contributed by atoms with Crippen LogP contribution in [0.3, 0.4) is 0 Å². The van der Waals surface area contributed by atoms with Gasteiger partial charge in [0.2, 0.25) is 0 Å². The molecule has 7 nitrogen and oxygen atoms in total. The number of hydrogen-bond acceptors (Lipinski definition) is 4. The SMILES string of the molecule is Cc1cc(C2C(c3ccccn3)NC(=S)N2Cc2ccncc2)c(C)n1-c1ccccc1C(=O)O. The van der Waals surface area contributed by atoms with Crippen LogP contribution in [-0.4, -0.2) is 35.6 Å². The number of nitrogens with zero attached hydrogens (tertiary/aromatic N) is 4. The van der Waals surface area contributed by atoms with Crippen molar-refractivity contribution >= 4 is 23.3 Å². The molecule has 0 aliphatic carbocycles. The third kappa shape index (κ3) is 4.17. The van der Waals surface area contributed by atoms with E-state index < -0.39 is 5.97 Å². The summed E-state index contributed by atoms with van der Waals surface area (Å²) in [4.78, 5) is 22.9. The molecule has 1 aromatic carbocycles. The minimum atomic E-state index is -0.955. The molecule has 0 spiro atoms. The van der Waals surface area contributed by atoms with E-state index in [4.69, 9.17) is 12.2 Å². The van der Waals surface area contributed by atoms with Crippen molar-refractivity contribution in [3.05, 3.63) is 113 Å². The summed E-state index contributed by atoms with van der Waals surface area (Å²) in [5.41, 5.74) is 5.88. The zero-order valence-electron chi connectivity index (χ0n) is 19.4. The lowest BCUT2D eigenvalue weighted by atomic mass is 9.96. The van der Waals surface area contributed by atoms with Crippen LogP contribution in [0, 0.1) is 13.8 Å². The first-order valence-electron chi connectivity index (χ1n) is 11.3. The molecule has 3 aromatic heterocycles. The van der Waals surface area contributed by atoms with Gasteiger partial charge in [-0.1, -0.05) is 18.2 Å². The minimum absolute atomic E-state index is 0.137. The molecule has 1 aliphatic heterocycles. The molecule has 0 amide bonds. The average Bonchev–Trinajstić information content (AvgIpc) is 3.35. The Morgan fingerprint density at radius 3 is 2.51 bits per heavy atom. The maximum Gasteiger partial charge on any atom is 0.337 e. The number of rotatable bonds is 6. The molecule has 176 valence electrons. The molecular weight excluding hydrogens is 458 g/mol. The van der Waals surface area contributed by atoms with E-state index in [0.29, 0.717) is 17.3 Å². The quantitative estimate of drug-likeness (QED) is 0.383. The number of thiocarbonyl (C=S) groups is 1. The molecule has 5 rings (SSSR count). The monoisotopic (exact) mass is 483 g/mol. The number of aromatic nitrogens is 3. The third-order valence-electron chi connectivity index (χ3n) is 6.46. The van der Waals surface area contributed by atoms with Gasteiger partial charge in [-0.3, -0.25) is 9.97 Å². The summed E-state index contributed by atoms with van der Waals surface area (Å²) in [6, 6.07) is 18.8. The number of carboxylic acid groups (broad SMARTS) is 1. The van der Waals surface area contributed by atoms with Crippen LogP contribution in [0.4, 0.5) is 0 Å². The number of benzene rings is 1. The second-order valence-corrected chi connectivity index (χ2v) is 8.98. The second kappa shape index (κ2) is 9.31.